The molecule has 3 rings (SSSR count). The van der Waals surface area contributed by atoms with Crippen molar-refractivity contribution in [1.29, 1.82) is 0 Å². The molecule has 3 aromatic rings. The average Bonchev–Trinajstić information content (AvgIpc) is 3.23. The van der Waals surface area contributed by atoms with Crippen LogP contribution >= 0.6 is 11.8 Å². The predicted molar refractivity (Wildman–Crippen MR) is 110 cm³/mol. The number of tetrazole rings is 1. The normalized spacial score (nSPS) is 11.4. The summed E-state index contributed by atoms with van der Waals surface area (Å²) in [6.45, 7) is 1.26. The number of aromatic nitrogens is 4. The fourth-order valence-corrected chi connectivity index (χ4v) is 3.53. The third-order valence-corrected chi connectivity index (χ3v) is 5.12. The quantitative estimate of drug-likeness (QED) is 0.423. The fourth-order valence-electron chi connectivity index (χ4n) is 2.73. The summed E-state index contributed by atoms with van der Waals surface area (Å²) in [4.78, 5) is 14.5. The minimum absolute atomic E-state index is 0.0756. The van der Waals surface area contributed by atoms with Gasteiger partial charge in [0.15, 0.2) is 0 Å². The smallest absolute Gasteiger partial charge is 0.406 e. The molecule has 0 unspecified atom stereocenters. The topological polar surface area (TPSA) is 82.4 Å². The molecule has 0 fully saturated rings. The highest BCUT2D eigenvalue weighted by atomic mass is 32.2. The second-order valence-electron chi connectivity index (χ2n) is 6.50. The molecule has 1 amide bonds. The summed E-state index contributed by atoms with van der Waals surface area (Å²) in [5.41, 5.74) is 1.42. The average molecular weight is 467 g/mol. The third kappa shape index (κ3) is 6.95. The van der Waals surface area contributed by atoms with Gasteiger partial charge in [-0.1, -0.05) is 42.1 Å². The van der Waals surface area contributed by atoms with Crippen LogP contribution in [0.2, 0.25) is 0 Å². The molecular weight excluding hydrogens is 447 g/mol. The summed E-state index contributed by atoms with van der Waals surface area (Å²) >= 11 is 1.13. The first kappa shape index (κ1) is 23.5. The van der Waals surface area contributed by atoms with Crippen molar-refractivity contribution >= 4 is 17.7 Å². The van der Waals surface area contributed by atoms with E-state index in [9.17, 15) is 18.0 Å². The Kier molecular flexibility index (Phi) is 8.06. The highest BCUT2D eigenvalue weighted by molar-refractivity contribution is 7.99. The number of hydrogen-bond acceptors (Lipinski definition) is 7. The largest absolute Gasteiger partial charge is 0.573 e. The van der Waals surface area contributed by atoms with Crippen LogP contribution in [-0.4, -0.2) is 63.4 Å². The van der Waals surface area contributed by atoms with Crippen molar-refractivity contribution < 1.29 is 27.4 Å². The summed E-state index contributed by atoms with van der Waals surface area (Å²) < 4.78 is 47.3. The van der Waals surface area contributed by atoms with E-state index in [2.05, 4.69) is 20.3 Å². The van der Waals surface area contributed by atoms with Gasteiger partial charge in [0.25, 0.3) is 0 Å². The Hall–Kier alpha value is -3.12. The highest BCUT2D eigenvalue weighted by Crippen LogP contribution is 2.25. The van der Waals surface area contributed by atoms with Gasteiger partial charge in [-0.05, 0) is 40.3 Å². The maximum absolute atomic E-state index is 12.8. The molecule has 170 valence electrons. The summed E-state index contributed by atoms with van der Waals surface area (Å²) in [7, 11) is 1.57. The summed E-state index contributed by atoms with van der Waals surface area (Å²) in [5, 5.41) is 11.7. The van der Waals surface area contributed by atoms with Crippen molar-refractivity contribution in [2.75, 3.05) is 26.0 Å². The number of hydrogen-bond donors (Lipinski definition) is 0. The molecule has 12 heteroatoms. The van der Waals surface area contributed by atoms with E-state index in [0.717, 1.165) is 29.5 Å². The number of methoxy groups -OCH3 is 1. The zero-order valence-corrected chi connectivity index (χ0v) is 17.8. The van der Waals surface area contributed by atoms with Crippen LogP contribution in [0.3, 0.4) is 0 Å². The van der Waals surface area contributed by atoms with Crippen LogP contribution in [-0.2, 0) is 16.1 Å². The van der Waals surface area contributed by atoms with E-state index in [1.165, 1.54) is 16.8 Å². The molecule has 0 aliphatic carbocycles. The Balaban J connectivity index is 1.65. The lowest BCUT2D eigenvalue weighted by molar-refractivity contribution is -0.274. The number of halogens is 3. The molecule has 1 heterocycles. The van der Waals surface area contributed by atoms with E-state index >= 15 is 0 Å². The number of amides is 1. The molecule has 0 saturated carbocycles. The Morgan fingerprint density at radius 2 is 1.84 bits per heavy atom. The van der Waals surface area contributed by atoms with Crippen molar-refractivity contribution in [3.8, 4) is 11.4 Å². The monoisotopic (exact) mass is 467 g/mol. The van der Waals surface area contributed by atoms with Gasteiger partial charge in [0.1, 0.15) is 5.75 Å². The van der Waals surface area contributed by atoms with Gasteiger partial charge in [0.05, 0.1) is 18.0 Å². The lowest BCUT2D eigenvalue weighted by Crippen LogP contribution is -2.34. The second kappa shape index (κ2) is 11.0. The van der Waals surface area contributed by atoms with Crippen LogP contribution in [0, 0.1) is 0 Å². The molecule has 0 aliphatic heterocycles. The number of thioether (sulfide) groups is 1. The second-order valence-corrected chi connectivity index (χ2v) is 7.44. The van der Waals surface area contributed by atoms with E-state index in [1.54, 1.807) is 12.0 Å². The van der Waals surface area contributed by atoms with E-state index in [-0.39, 0.29) is 17.4 Å². The molecule has 1 aromatic heterocycles. The Bertz CT molecular complexity index is 1000. The maximum atomic E-state index is 12.8. The van der Waals surface area contributed by atoms with E-state index in [1.807, 2.05) is 30.3 Å². The van der Waals surface area contributed by atoms with Crippen LogP contribution in [0.25, 0.3) is 5.69 Å². The molecule has 0 atom stereocenters. The van der Waals surface area contributed by atoms with Gasteiger partial charge >= 0.3 is 6.36 Å². The molecular formula is C20H20F3N5O3S. The number of rotatable bonds is 10. The van der Waals surface area contributed by atoms with Gasteiger partial charge in [-0.15, -0.1) is 18.3 Å². The van der Waals surface area contributed by atoms with Crippen molar-refractivity contribution in [3.05, 3.63) is 60.2 Å². The number of nitrogens with zero attached hydrogens (tertiary/aromatic N) is 5. The minimum atomic E-state index is -4.77. The molecule has 0 N–H and O–H groups in total. The molecule has 32 heavy (non-hydrogen) atoms. The van der Waals surface area contributed by atoms with Gasteiger partial charge < -0.3 is 14.4 Å². The number of carbonyl (C=O) groups is 1. The standard InChI is InChI=1S/C20H20F3N5O3S/c1-30-12-11-27(13-15-5-3-2-4-6-15)18(29)14-32-19-24-25-26-28(19)16-7-9-17(10-8-16)31-20(21,22)23/h2-10H,11-14H2,1H3. The lowest BCUT2D eigenvalue weighted by atomic mass is 10.2. The molecule has 0 bridgehead atoms. The maximum Gasteiger partial charge on any atom is 0.573 e. The van der Waals surface area contributed by atoms with Crippen LogP contribution in [0.1, 0.15) is 5.56 Å². The van der Waals surface area contributed by atoms with E-state index in [0.29, 0.717) is 30.5 Å². The first-order valence-corrected chi connectivity index (χ1v) is 10.4. The van der Waals surface area contributed by atoms with Crippen LogP contribution in [0.4, 0.5) is 13.2 Å². The Labute approximate surface area is 186 Å². The van der Waals surface area contributed by atoms with E-state index < -0.39 is 6.36 Å². The van der Waals surface area contributed by atoms with Crippen LogP contribution < -0.4 is 4.74 Å². The number of benzene rings is 2. The van der Waals surface area contributed by atoms with Gasteiger partial charge in [0.2, 0.25) is 11.1 Å². The van der Waals surface area contributed by atoms with Gasteiger partial charge in [-0.25, -0.2) is 0 Å². The van der Waals surface area contributed by atoms with Gasteiger partial charge in [-0.3, -0.25) is 4.79 Å². The predicted octanol–water partition coefficient (Wildman–Crippen LogP) is 3.33. The summed E-state index contributed by atoms with van der Waals surface area (Å²) in [5.74, 6) is -0.403. The summed E-state index contributed by atoms with van der Waals surface area (Å²) in [6, 6.07) is 14.7. The molecule has 2 aromatic carbocycles. The zero-order valence-electron chi connectivity index (χ0n) is 17.0. The number of ether oxygens (including phenoxy) is 2. The van der Waals surface area contributed by atoms with Crippen molar-refractivity contribution in [1.82, 2.24) is 25.1 Å². The zero-order chi connectivity index (χ0) is 23.0. The number of carbonyl (C=O) groups excluding carboxylic acids is 1. The fraction of sp³-hybridized carbons (Fsp3) is 0.300. The van der Waals surface area contributed by atoms with Gasteiger partial charge in [-0.2, -0.15) is 4.68 Å². The van der Waals surface area contributed by atoms with Crippen LogP contribution in [0.15, 0.2) is 59.8 Å². The number of alkyl halides is 3. The molecule has 0 spiro atoms. The molecule has 0 radical (unpaired) electrons. The third-order valence-electron chi connectivity index (χ3n) is 4.21. The highest BCUT2D eigenvalue weighted by Gasteiger charge is 2.31. The first-order valence-electron chi connectivity index (χ1n) is 9.44. The summed E-state index contributed by atoms with van der Waals surface area (Å²) in [6.07, 6.45) is -4.77. The molecule has 8 nitrogen and oxygen atoms in total. The minimum Gasteiger partial charge on any atom is -0.406 e. The van der Waals surface area contributed by atoms with Crippen molar-refractivity contribution in [2.45, 2.75) is 18.1 Å². The van der Waals surface area contributed by atoms with E-state index in [4.69, 9.17) is 4.74 Å². The Morgan fingerprint density at radius 3 is 2.50 bits per heavy atom. The van der Waals surface area contributed by atoms with Gasteiger partial charge in [0, 0.05) is 20.2 Å². The molecule has 0 saturated heterocycles. The van der Waals surface area contributed by atoms with Crippen molar-refractivity contribution in [3.63, 3.8) is 0 Å². The lowest BCUT2D eigenvalue weighted by Gasteiger charge is -2.22. The Morgan fingerprint density at radius 1 is 1.12 bits per heavy atom. The SMILES string of the molecule is COCCN(Cc1ccccc1)C(=O)CSc1nnnn1-c1ccc(OC(F)(F)F)cc1. The van der Waals surface area contributed by atoms with Crippen molar-refractivity contribution in [2.24, 2.45) is 0 Å². The first-order chi connectivity index (χ1) is 15.4. The molecule has 0 aliphatic rings. The van der Waals surface area contributed by atoms with Crippen LogP contribution in [0.5, 0.6) is 5.75 Å².